The van der Waals surface area contributed by atoms with Crippen molar-refractivity contribution < 1.29 is 22.5 Å². The number of benzene rings is 3. The molecule has 0 aromatic heterocycles. The summed E-state index contributed by atoms with van der Waals surface area (Å²) in [5.41, 5.74) is -0.643. The maximum absolute atomic E-state index is 12.5. The highest BCUT2D eigenvalue weighted by Crippen LogP contribution is 2.36. The van der Waals surface area contributed by atoms with Gasteiger partial charge >= 0.3 is 5.97 Å². The van der Waals surface area contributed by atoms with Gasteiger partial charge in [-0.15, -0.1) is 0 Å². The van der Waals surface area contributed by atoms with E-state index in [1.54, 1.807) is 26.0 Å². The normalized spacial score (nSPS) is 12.5. The van der Waals surface area contributed by atoms with Crippen molar-refractivity contribution in [1.29, 1.82) is 0 Å². The maximum Gasteiger partial charge on any atom is 0.316 e. The molecule has 0 heterocycles. The van der Waals surface area contributed by atoms with Crippen molar-refractivity contribution in [2.45, 2.75) is 32.1 Å². The topological polar surface area (TPSA) is 83.5 Å². The number of carbonyl (C=O) groups excluding carboxylic acids is 1. The van der Waals surface area contributed by atoms with Gasteiger partial charge in [0.05, 0.1) is 10.3 Å². The molecular formula is C20H19O5S-. The summed E-state index contributed by atoms with van der Waals surface area (Å²) in [6.45, 7) is 5.52. The van der Waals surface area contributed by atoms with E-state index in [0.29, 0.717) is 17.6 Å². The molecule has 0 fully saturated rings. The first-order chi connectivity index (χ1) is 12.1. The van der Waals surface area contributed by atoms with Gasteiger partial charge in [-0.2, -0.15) is 0 Å². The summed E-state index contributed by atoms with van der Waals surface area (Å²) in [4.78, 5) is 12.2. The first kappa shape index (κ1) is 18.4. The Morgan fingerprint density at radius 2 is 1.69 bits per heavy atom. The predicted molar refractivity (Wildman–Crippen MR) is 99.1 cm³/mol. The molecule has 0 bridgehead atoms. The summed E-state index contributed by atoms with van der Waals surface area (Å²) in [5, 5.41) is 2.87. The molecule has 0 spiro atoms. The number of esters is 1. The molecule has 0 unspecified atom stereocenters. The van der Waals surface area contributed by atoms with Gasteiger partial charge in [0.1, 0.15) is 15.9 Å². The van der Waals surface area contributed by atoms with Gasteiger partial charge < -0.3 is 9.29 Å². The molecule has 6 heteroatoms. The lowest BCUT2D eigenvalue weighted by Gasteiger charge is -2.21. The van der Waals surface area contributed by atoms with E-state index in [4.69, 9.17) is 4.74 Å². The zero-order valence-corrected chi connectivity index (χ0v) is 15.6. The number of hydrogen-bond acceptors (Lipinski definition) is 5. The highest BCUT2D eigenvalue weighted by Gasteiger charge is 2.28. The summed E-state index contributed by atoms with van der Waals surface area (Å²) >= 11 is 0. The Hall–Kier alpha value is -2.44. The number of rotatable bonds is 4. The van der Waals surface area contributed by atoms with E-state index in [1.807, 2.05) is 31.2 Å². The van der Waals surface area contributed by atoms with Crippen LogP contribution in [0.2, 0.25) is 0 Å². The van der Waals surface area contributed by atoms with Crippen molar-refractivity contribution in [1.82, 2.24) is 0 Å². The van der Waals surface area contributed by atoms with Gasteiger partial charge in [0.15, 0.2) is 0 Å². The summed E-state index contributed by atoms with van der Waals surface area (Å²) < 4.78 is 39.6. The average Bonchev–Trinajstić information content (AvgIpc) is 2.60. The molecule has 0 atom stereocenters. The van der Waals surface area contributed by atoms with E-state index in [-0.39, 0.29) is 10.9 Å². The van der Waals surface area contributed by atoms with E-state index >= 15 is 0 Å². The van der Waals surface area contributed by atoms with Crippen molar-refractivity contribution >= 4 is 37.6 Å². The molecule has 26 heavy (non-hydrogen) atoms. The summed E-state index contributed by atoms with van der Waals surface area (Å²) in [7, 11) is -4.57. The smallest absolute Gasteiger partial charge is 0.316 e. The van der Waals surface area contributed by atoms with Crippen LogP contribution < -0.4 is 4.74 Å². The molecule has 0 aliphatic rings. The fourth-order valence-electron chi connectivity index (χ4n) is 2.68. The molecular weight excluding hydrogens is 352 g/mol. The Balaban J connectivity index is 2.25. The van der Waals surface area contributed by atoms with Crippen molar-refractivity contribution in [3.05, 3.63) is 48.5 Å². The van der Waals surface area contributed by atoms with E-state index in [0.717, 1.165) is 16.2 Å². The SMILES string of the molecule is CCC(C)(C)C(=O)Oc1cc2cc(S(=O)(=O)[O-])ccc2c2ccccc12. The number of carbonyl (C=O) groups is 1. The maximum atomic E-state index is 12.5. The first-order valence-electron chi connectivity index (χ1n) is 8.27. The van der Waals surface area contributed by atoms with E-state index in [2.05, 4.69) is 0 Å². The molecule has 3 aromatic rings. The van der Waals surface area contributed by atoms with Gasteiger partial charge in [-0.05, 0) is 54.6 Å². The van der Waals surface area contributed by atoms with Gasteiger partial charge in [0.25, 0.3) is 0 Å². The number of ether oxygens (including phenoxy) is 1. The van der Waals surface area contributed by atoms with Crippen LogP contribution in [0.25, 0.3) is 21.5 Å². The van der Waals surface area contributed by atoms with Crippen LogP contribution in [0.5, 0.6) is 5.75 Å². The molecule has 5 nitrogen and oxygen atoms in total. The third-order valence-electron chi connectivity index (χ3n) is 4.72. The first-order valence-corrected chi connectivity index (χ1v) is 9.68. The molecule has 0 aliphatic heterocycles. The molecule has 3 aromatic carbocycles. The third-order valence-corrected chi connectivity index (χ3v) is 5.55. The van der Waals surface area contributed by atoms with Crippen LogP contribution in [0.1, 0.15) is 27.2 Å². The minimum absolute atomic E-state index is 0.313. The van der Waals surface area contributed by atoms with E-state index in [9.17, 15) is 17.8 Å². The number of hydrogen-bond donors (Lipinski definition) is 0. The van der Waals surface area contributed by atoms with Crippen molar-refractivity contribution in [3.63, 3.8) is 0 Å². The molecule has 136 valence electrons. The summed E-state index contributed by atoms with van der Waals surface area (Å²) in [6.07, 6.45) is 0.621. The third kappa shape index (κ3) is 3.30. The van der Waals surface area contributed by atoms with Gasteiger partial charge in [0, 0.05) is 5.39 Å². The Morgan fingerprint density at radius 3 is 2.31 bits per heavy atom. The molecule has 0 amide bonds. The van der Waals surface area contributed by atoms with Crippen molar-refractivity contribution in [3.8, 4) is 5.75 Å². The van der Waals surface area contributed by atoms with Gasteiger partial charge in [-0.1, -0.05) is 37.3 Å². The molecule has 0 radical (unpaired) electrons. The number of fused-ring (bicyclic) bond motifs is 3. The predicted octanol–water partition coefficient (Wildman–Crippen LogP) is 4.24. The minimum atomic E-state index is -4.57. The van der Waals surface area contributed by atoms with Crippen LogP contribution >= 0.6 is 0 Å². The molecule has 0 saturated heterocycles. The van der Waals surface area contributed by atoms with E-state index < -0.39 is 15.5 Å². The van der Waals surface area contributed by atoms with Gasteiger partial charge in [0.2, 0.25) is 0 Å². The summed E-state index contributed by atoms with van der Waals surface area (Å²) in [5.74, 6) is -0.0165. The minimum Gasteiger partial charge on any atom is -0.744 e. The van der Waals surface area contributed by atoms with Crippen LogP contribution in [0.15, 0.2) is 53.4 Å². The Labute approximate surface area is 152 Å². The Bertz CT molecular complexity index is 1110. The molecule has 0 saturated carbocycles. The fraction of sp³-hybridized carbons (Fsp3) is 0.250. The lowest BCUT2D eigenvalue weighted by molar-refractivity contribution is -0.144. The van der Waals surface area contributed by atoms with Gasteiger partial charge in [-0.3, -0.25) is 4.79 Å². The zero-order valence-electron chi connectivity index (χ0n) is 14.8. The van der Waals surface area contributed by atoms with Crippen LogP contribution in [0.4, 0.5) is 0 Å². The van der Waals surface area contributed by atoms with Gasteiger partial charge in [-0.25, -0.2) is 8.42 Å². The highest BCUT2D eigenvalue weighted by atomic mass is 32.2. The van der Waals surface area contributed by atoms with Crippen molar-refractivity contribution in [2.24, 2.45) is 5.41 Å². The van der Waals surface area contributed by atoms with Crippen LogP contribution in [-0.4, -0.2) is 18.9 Å². The molecule has 0 N–H and O–H groups in total. The Morgan fingerprint density at radius 1 is 1.04 bits per heavy atom. The average molecular weight is 371 g/mol. The zero-order chi connectivity index (χ0) is 19.1. The van der Waals surface area contributed by atoms with E-state index in [1.165, 1.54) is 12.1 Å². The summed E-state index contributed by atoms with van der Waals surface area (Å²) in [6, 6.07) is 13.2. The van der Waals surface area contributed by atoms with Crippen LogP contribution in [-0.2, 0) is 14.9 Å². The standard InChI is InChI=1S/C20H20O5S/c1-4-20(2,3)19(21)25-18-12-13-11-14(26(22,23)24)9-10-15(13)16-7-5-6-8-17(16)18/h5-12H,4H2,1-3H3,(H,22,23,24)/p-1. The second-order valence-electron chi connectivity index (χ2n) is 6.88. The fourth-order valence-corrected chi connectivity index (χ4v) is 3.19. The van der Waals surface area contributed by atoms with Crippen molar-refractivity contribution in [2.75, 3.05) is 0 Å². The lowest BCUT2D eigenvalue weighted by Crippen LogP contribution is -2.28. The van der Waals surface area contributed by atoms with Crippen LogP contribution in [0, 0.1) is 5.41 Å². The second kappa shape index (κ2) is 6.37. The highest BCUT2D eigenvalue weighted by molar-refractivity contribution is 7.85. The molecule has 0 aliphatic carbocycles. The second-order valence-corrected chi connectivity index (χ2v) is 8.26. The quantitative estimate of drug-likeness (QED) is 0.296. The van der Waals surface area contributed by atoms with Crippen LogP contribution in [0.3, 0.4) is 0 Å². The molecule has 3 rings (SSSR count). The lowest BCUT2D eigenvalue weighted by atomic mass is 9.90. The monoisotopic (exact) mass is 371 g/mol. The largest absolute Gasteiger partial charge is 0.744 e. The Kier molecular flexibility index (Phi) is 4.50.